The number of hydrogen-bond acceptors (Lipinski definition) is 3. The van der Waals surface area contributed by atoms with Crippen molar-refractivity contribution in [1.29, 1.82) is 0 Å². The van der Waals surface area contributed by atoms with Gasteiger partial charge in [0.15, 0.2) is 0 Å². The molecule has 0 bridgehead atoms. The molecular weight excluding hydrogens is 493 g/mol. The van der Waals surface area contributed by atoms with Crippen LogP contribution < -0.4 is 10.4 Å². The van der Waals surface area contributed by atoms with E-state index >= 15 is 0 Å². The Kier molecular flexibility index (Phi) is 8.85. The van der Waals surface area contributed by atoms with Gasteiger partial charge < -0.3 is 14.2 Å². The molecule has 36 heavy (non-hydrogen) atoms. The molecule has 0 saturated carbocycles. The molecule has 3 aliphatic heterocycles. The molecule has 3 heterocycles. The Morgan fingerprint density at radius 3 is 1.61 bits per heavy atom. The molecule has 0 amide bonds. The molecule has 198 valence electrons. The van der Waals surface area contributed by atoms with Crippen LogP contribution in [0.4, 0.5) is 0 Å². The summed E-state index contributed by atoms with van der Waals surface area (Å²) in [5.74, 6) is 0. The summed E-state index contributed by atoms with van der Waals surface area (Å²) in [5.41, 5.74) is 0. The smallest absolute Gasteiger partial charge is 0.134 e. The lowest BCUT2D eigenvalue weighted by molar-refractivity contribution is -0.167. The van der Waals surface area contributed by atoms with Gasteiger partial charge in [0.05, 0.1) is 15.3 Å². The molecule has 2 aromatic rings. The van der Waals surface area contributed by atoms with Crippen LogP contribution in [-0.4, -0.2) is 62.2 Å². The minimum absolute atomic E-state index is 0. The Bertz CT molecular complexity index is 908. The fourth-order valence-corrected chi connectivity index (χ4v) is 23.5. The second kappa shape index (κ2) is 11.4. The molecule has 3 fully saturated rings. The van der Waals surface area contributed by atoms with Crippen LogP contribution in [0.5, 0.6) is 0 Å². The number of rotatable bonds is 6. The number of hydrogen-bond donors (Lipinski definition) is 0. The van der Waals surface area contributed by atoms with Gasteiger partial charge in [0, 0.05) is 30.1 Å². The molecule has 0 N–H and O–H groups in total. The number of ether oxygens (including phenoxy) is 3. The van der Waals surface area contributed by atoms with Crippen molar-refractivity contribution in [2.75, 3.05) is 19.8 Å². The summed E-state index contributed by atoms with van der Waals surface area (Å²) in [7, 11) is -3.02. The van der Waals surface area contributed by atoms with E-state index in [2.05, 4.69) is 73.8 Å². The lowest BCUT2D eigenvalue weighted by atomic mass is 9.96. The van der Waals surface area contributed by atoms with Gasteiger partial charge in [-0.15, -0.1) is 0 Å². The normalized spacial score (nSPS) is 31.6. The van der Waals surface area contributed by atoms with Crippen molar-refractivity contribution in [3.05, 3.63) is 60.7 Å². The van der Waals surface area contributed by atoms with E-state index in [4.69, 9.17) is 14.2 Å². The van der Waals surface area contributed by atoms with E-state index in [1.165, 1.54) is 48.9 Å². The molecule has 6 heteroatoms. The second-order valence-corrected chi connectivity index (χ2v) is 22.0. The third kappa shape index (κ3) is 4.56. The topological polar surface area (TPSA) is 27.7 Å². The minimum Gasteiger partial charge on any atom is -0.381 e. The number of benzene rings is 2. The lowest BCUT2D eigenvalue weighted by Gasteiger charge is -2.65. The van der Waals surface area contributed by atoms with Gasteiger partial charge in [-0.2, -0.15) is 0 Å². The highest BCUT2D eigenvalue weighted by Gasteiger charge is 2.70. The second-order valence-electron chi connectivity index (χ2n) is 11.7. The predicted octanol–water partition coefficient (Wildman–Crippen LogP) is 4.13. The maximum atomic E-state index is 7.32. The molecule has 0 spiro atoms. The van der Waals surface area contributed by atoms with Gasteiger partial charge in [-0.3, -0.25) is 0 Å². The molecule has 3 atom stereocenters. The van der Waals surface area contributed by atoms with Crippen molar-refractivity contribution >= 4 is 37.5 Å². The summed E-state index contributed by atoms with van der Waals surface area (Å²) in [6.45, 7) is 7.94. The molecule has 3 unspecified atom stereocenters. The monoisotopic (exact) mass is 540 g/mol. The largest absolute Gasteiger partial charge is 0.381 e. The van der Waals surface area contributed by atoms with Crippen molar-refractivity contribution in [3.63, 3.8) is 0 Å². The van der Waals surface area contributed by atoms with E-state index in [1.54, 1.807) is 0 Å². The Morgan fingerprint density at radius 2 is 1.17 bits per heavy atom. The van der Waals surface area contributed by atoms with Crippen molar-refractivity contribution in [1.82, 2.24) is 0 Å². The first-order valence-corrected chi connectivity index (χ1v) is 19.7. The Morgan fingerprint density at radius 1 is 0.667 bits per heavy atom. The summed E-state index contributed by atoms with van der Waals surface area (Å²) < 4.78 is 21.4. The van der Waals surface area contributed by atoms with E-state index in [-0.39, 0.29) is 22.7 Å². The molecule has 0 aliphatic carbocycles. The van der Waals surface area contributed by atoms with Gasteiger partial charge in [-0.1, -0.05) is 91.6 Å². The third-order valence-corrected chi connectivity index (χ3v) is 23.8. The van der Waals surface area contributed by atoms with E-state index in [0.717, 1.165) is 49.3 Å². The fourth-order valence-electron chi connectivity index (χ4n) is 7.88. The van der Waals surface area contributed by atoms with Crippen LogP contribution in [0.15, 0.2) is 60.7 Å². The molecular formula is C30H48O3Si3. The van der Waals surface area contributed by atoms with Crippen molar-refractivity contribution in [2.24, 2.45) is 0 Å². The van der Waals surface area contributed by atoms with Gasteiger partial charge in [0.1, 0.15) is 16.9 Å². The van der Waals surface area contributed by atoms with Gasteiger partial charge in [-0.05, 0) is 57.8 Å². The quantitative estimate of drug-likeness (QED) is 0.516. The van der Waals surface area contributed by atoms with E-state index < -0.39 is 16.9 Å². The summed E-state index contributed by atoms with van der Waals surface area (Å²) in [5, 5.41) is 2.76. The zero-order chi connectivity index (χ0) is 24.4. The average Bonchev–Trinajstić information content (AvgIpc) is 2.91. The predicted molar refractivity (Wildman–Crippen MR) is 161 cm³/mol. The first-order chi connectivity index (χ1) is 17.0. The molecule has 2 aromatic carbocycles. The molecule has 5 rings (SSSR count). The zero-order valence-electron chi connectivity index (χ0n) is 22.1. The third-order valence-electron chi connectivity index (χ3n) is 9.70. The van der Waals surface area contributed by atoms with Crippen LogP contribution in [0.2, 0.25) is 13.1 Å². The van der Waals surface area contributed by atoms with Crippen molar-refractivity contribution in [3.8, 4) is 0 Å². The van der Waals surface area contributed by atoms with E-state index in [9.17, 15) is 0 Å². The highest BCUT2D eigenvalue weighted by atomic mass is 28.4. The Balaban J connectivity index is 0.00000304. The van der Waals surface area contributed by atoms with Gasteiger partial charge >= 0.3 is 0 Å². The first kappa shape index (κ1) is 28.0. The molecule has 0 radical (unpaired) electrons. The molecule has 3 saturated heterocycles. The van der Waals surface area contributed by atoms with Crippen LogP contribution in [0.3, 0.4) is 0 Å². The van der Waals surface area contributed by atoms with Crippen LogP contribution in [0.25, 0.3) is 0 Å². The SMILES string of the molecule is C.C[Si](C)(C1([SiH](c2ccccc2)c2ccccc2)CCCCO1)C1(C2([SiH3])CCCCO2)CCCCO1. The summed E-state index contributed by atoms with van der Waals surface area (Å²) in [6.07, 6.45) is 10.8. The summed E-state index contributed by atoms with van der Waals surface area (Å²) >= 11 is 0. The van der Waals surface area contributed by atoms with Crippen molar-refractivity contribution in [2.45, 2.75) is 93.6 Å². The van der Waals surface area contributed by atoms with Crippen molar-refractivity contribution < 1.29 is 14.2 Å². The van der Waals surface area contributed by atoms with Crippen LogP contribution in [0, 0.1) is 0 Å². The van der Waals surface area contributed by atoms with Crippen LogP contribution >= 0.6 is 0 Å². The summed E-state index contributed by atoms with van der Waals surface area (Å²) in [6, 6.07) is 22.8. The highest BCUT2D eigenvalue weighted by Crippen LogP contribution is 2.53. The van der Waals surface area contributed by atoms with Gasteiger partial charge in [-0.25, -0.2) is 0 Å². The summed E-state index contributed by atoms with van der Waals surface area (Å²) in [4.78, 5) is -0.108. The van der Waals surface area contributed by atoms with E-state index in [1.807, 2.05) is 0 Å². The average molecular weight is 541 g/mol. The van der Waals surface area contributed by atoms with Crippen LogP contribution in [0.1, 0.15) is 65.2 Å². The standard InChI is InChI=1S/C29H44O3Si3.CH4/c1-35(2,28(20-10-13-23-31-28)27(33)19-9-12-22-30-27)29(21-11-14-24-32-29)34(25-15-5-3-6-16-25)26-17-7-4-8-18-26;/h3-8,15-18,34H,9-14,19-24H2,1-2,33H3;1H4. The maximum Gasteiger partial charge on any atom is 0.134 e. The molecule has 0 aromatic heterocycles. The highest BCUT2D eigenvalue weighted by molar-refractivity contribution is 7.03. The zero-order valence-corrected chi connectivity index (χ0v) is 26.2. The van der Waals surface area contributed by atoms with E-state index in [0.29, 0.717) is 0 Å². The Hall–Kier alpha value is -1.03. The van der Waals surface area contributed by atoms with Crippen LogP contribution in [-0.2, 0) is 14.2 Å². The van der Waals surface area contributed by atoms with Gasteiger partial charge in [0.2, 0.25) is 0 Å². The van der Waals surface area contributed by atoms with Gasteiger partial charge in [0.25, 0.3) is 0 Å². The fraction of sp³-hybridized carbons (Fsp3) is 0.600. The minimum atomic E-state index is -2.26. The molecule has 3 aliphatic rings. The lowest BCUT2D eigenvalue weighted by Crippen LogP contribution is -2.85. The Labute approximate surface area is 225 Å². The maximum absolute atomic E-state index is 7.32. The molecule has 3 nitrogen and oxygen atoms in total. The first-order valence-electron chi connectivity index (χ1n) is 14.0.